The molecular weight excluding hydrogens is 364 g/mol. The van der Waals surface area contributed by atoms with Crippen molar-refractivity contribution in [2.75, 3.05) is 4.90 Å². The Kier molecular flexibility index (Phi) is 3.16. The van der Waals surface area contributed by atoms with Gasteiger partial charge in [-0.15, -0.1) is 0 Å². The van der Waals surface area contributed by atoms with E-state index in [1.165, 1.54) is 23.1 Å². The number of halogens is 1. The molecular formula is C16H13BrN2O4. The molecule has 2 bridgehead atoms. The lowest BCUT2D eigenvalue weighted by Gasteiger charge is -2.38. The van der Waals surface area contributed by atoms with Gasteiger partial charge in [0.1, 0.15) is 0 Å². The van der Waals surface area contributed by atoms with E-state index in [2.05, 4.69) is 28.1 Å². The minimum absolute atomic E-state index is 0.0844. The number of carbonyl (C=O) groups is 2. The molecule has 0 unspecified atom stereocenters. The number of hydrogen-bond acceptors (Lipinski definition) is 4. The molecule has 0 spiro atoms. The lowest BCUT2D eigenvalue weighted by atomic mass is 9.63. The SMILES string of the molecule is O=C1[C@H]2[C@H](C(=O)N1c1ccc([N+](=O)[O-])cc1Br)[C@@H]1C=C[C@@H]2CC1. The van der Waals surface area contributed by atoms with Gasteiger partial charge in [-0.25, -0.2) is 4.90 Å². The zero-order valence-electron chi connectivity index (χ0n) is 12.0. The molecule has 1 heterocycles. The van der Waals surface area contributed by atoms with Crippen molar-refractivity contribution in [2.24, 2.45) is 23.7 Å². The first-order valence-corrected chi connectivity index (χ1v) is 8.28. The summed E-state index contributed by atoms with van der Waals surface area (Å²) in [6.07, 6.45) is 6.01. The molecule has 1 saturated heterocycles. The number of nitro groups is 1. The van der Waals surface area contributed by atoms with Crippen molar-refractivity contribution < 1.29 is 14.5 Å². The largest absolute Gasteiger partial charge is 0.274 e. The van der Waals surface area contributed by atoms with Gasteiger partial charge in [-0.1, -0.05) is 12.2 Å². The molecule has 6 nitrogen and oxygen atoms in total. The van der Waals surface area contributed by atoms with E-state index < -0.39 is 4.92 Å². The third-order valence-electron chi connectivity index (χ3n) is 5.14. The van der Waals surface area contributed by atoms with Crippen LogP contribution in [-0.2, 0) is 9.59 Å². The summed E-state index contributed by atoms with van der Waals surface area (Å²) in [7, 11) is 0. The van der Waals surface area contributed by atoms with Crippen LogP contribution in [0.5, 0.6) is 0 Å². The molecule has 1 aromatic carbocycles. The van der Waals surface area contributed by atoms with Crippen LogP contribution >= 0.6 is 15.9 Å². The van der Waals surface area contributed by atoms with Gasteiger partial charge in [0.05, 0.1) is 22.4 Å². The van der Waals surface area contributed by atoms with Gasteiger partial charge >= 0.3 is 0 Å². The van der Waals surface area contributed by atoms with Crippen molar-refractivity contribution in [2.45, 2.75) is 12.8 Å². The number of anilines is 1. The molecule has 1 aromatic rings. The number of amides is 2. The molecule has 2 amide bonds. The van der Waals surface area contributed by atoms with Gasteiger partial charge in [-0.3, -0.25) is 19.7 Å². The second-order valence-electron chi connectivity index (χ2n) is 6.25. The van der Waals surface area contributed by atoms with E-state index >= 15 is 0 Å². The number of nitrogens with zero attached hydrogens (tertiary/aromatic N) is 2. The third-order valence-corrected chi connectivity index (χ3v) is 5.78. The molecule has 2 fully saturated rings. The molecule has 4 atom stereocenters. The average Bonchev–Trinajstić information content (AvgIpc) is 2.82. The van der Waals surface area contributed by atoms with Gasteiger partial charge < -0.3 is 0 Å². The summed E-state index contributed by atoms with van der Waals surface area (Å²) in [4.78, 5) is 37.2. The summed E-state index contributed by atoms with van der Waals surface area (Å²) in [6.45, 7) is 0. The molecule has 1 aliphatic heterocycles. The number of imide groups is 1. The number of rotatable bonds is 2. The summed E-state index contributed by atoms with van der Waals surface area (Å²) < 4.78 is 0.382. The Morgan fingerprint density at radius 1 is 1.09 bits per heavy atom. The van der Waals surface area contributed by atoms with Crippen LogP contribution in [0.1, 0.15) is 12.8 Å². The van der Waals surface area contributed by atoms with E-state index in [-0.39, 0.29) is 41.2 Å². The monoisotopic (exact) mass is 376 g/mol. The third kappa shape index (κ3) is 1.99. The molecule has 7 heteroatoms. The highest BCUT2D eigenvalue weighted by molar-refractivity contribution is 9.10. The minimum atomic E-state index is -0.508. The summed E-state index contributed by atoms with van der Waals surface area (Å²) in [5.74, 6) is -0.685. The van der Waals surface area contributed by atoms with Crippen LogP contribution in [0.25, 0.3) is 0 Å². The number of carbonyl (C=O) groups excluding carboxylic acids is 2. The minimum Gasteiger partial charge on any atom is -0.274 e. The first kappa shape index (κ1) is 14.6. The Morgan fingerprint density at radius 2 is 1.65 bits per heavy atom. The fraction of sp³-hybridized carbons (Fsp3) is 0.375. The van der Waals surface area contributed by atoms with Crippen molar-refractivity contribution in [1.82, 2.24) is 0 Å². The predicted molar refractivity (Wildman–Crippen MR) is 85.6 cm³/mol. The zero-order valence-corrected chi connectivity index (χ0v) is 13.6. The maximum atomic E-state index is 12.8. The van der Waals surface area contributed by atoms with E-state index in [0.717, 1.165) is 12.8 Å². The van der Waals surface area contributed by atoms with Crippen molar-refractivity contribution in [3.05, 3.63) is 44.9 Å². The molecule has 4 aliphatic rings. The Balaban J connectivity index is 1.75. The molecule has 5 rings (SSSR count). The summed E-state index contributed by atoms with van der Waals surface area (Å²) in [5.41, 5.74) is 0.304. The fourth-order valence-corrected chi connectivity index (χ4v) is 4.65. The summed E-state index contributed by atoms with van der Waals surface area (Å²) in [5, 5.41) is 10.8. The molecule has 0 aromatic heterocycles. The van der Waals surface area contributed by atoms with E-state index in [1.54, 1.807) is 0 Å². The second-order valence-corrected chi connectivity index (χ2v) is 7.10. The Bertz CT molecular complexity index is 743. The Hall–Kier alpha value is -2.02. The standard InChI is InChI=1S/C16H13BrN2O4/c17-11-7-10(19(22)23)5-6-12(11)18-15(20)13-8-1-2-9(4-3-8)14(13)16(18)21/h1-2,5-9,13-14H,3-4H2/t8-,9-,13-,14-/m1/s1. The van der Waals surface area contributed by atoms with Crippen LogP contribution in [0.2, 0.25) is 0 Å². The van der Waals surface area contributed by atoms with Crippen LogP contribution in [-0.4, -0.2) is 16.7 Å². The highest BCUT2D eigenvalue weighted by atomic mass is 79.9. The maximum absolute atomic E-state index is 12.8. The predicted octanol–water partition coefficient (Wildman–Crippen LogP) is 3.06. The first-order chi connectivity index (χ1) is 11.0. The van der Waals surface area contributed by atoms with Crippen LogP contribution in [0, 0.1) is 33.8 Å². The molecule has 1 saturated carbocycles. The van der Waals surface area contributed by atoms with Gasteiger partial charge in [0.25, 0.3) is 5.69 Å². The quantitative estimate of drug-likeness (QED) is 0.343. The molecule has 0 N–H and O–H groups in total. The average molecular weight is 377 g/mol. The number of fused-ring (bicyclic) bond motifs is 1. The van der Waals surface area contributed by atoms with Crippen LogP contribution in [0.4, 0.5) is 11.4 Å². The highest BCUT2D eigenvalue weighted by Crippen LogP contribution is 2.51. The van der Waals surface area contributed by atoms with Gasteiger partial charge in [0.2, 0.25) is 11.8 Å². The molecule has 0 radical (unpaired) electrons. The highest BCUT2D eigenvalue weighted by Gasteiger charge is 2.57. The Labute approximate surface area is 140 Å². The number of hydrogen-bond donors (Lipinski definition) is 0. The van der Waals surface area contributed by atoms with Crippen LogP contribution in [0.3, 0.4) is 0 Å². The molecule has 118 valence electrons. The summed E-state index contributed by atoms with van der Waals surface area (Å²) >= 11 is 3.26. The van der Waals surface area contributed by atoms with Crippen molar-refractivity contribution in [3.63, 3.8) is 0 Å². The smallest absolute Gasteiger partial charge is 0.270 e. The first-order valence-electron chi connectivity index (χ1n) is 7.49. The topological polar surface area (TPSA) is 80.5 Å². The lowest BCUT2D eigenvalue weighted by Crippen LogP contribution is -2.38. The van der Waals surface area contributed by atoms with Crippen LogP contribution in [0.15, 0.2) is 34.8 Å². The van der Waals surface area contributed by atoms with E-state index in [9.17, 15) is 19.7 Å². The van der Waals surface area contributed by atoms with Gasteiger partial charge in [-0.2, -0.15) is 0 Å². The number of allylic oxidation sites excluding steroid dienone is 2. The Morgan fingerprint density at radius 3 is 2.09 bits per heavy atom. The van der Waals surface area contributed by atoms with Gasteiger partial charge in [-0.05, 0) is 46.7 Å². The lowest BCUT2D eigenvalue weighted by molar-refractivity contribution is -0.384. The zero-order chi connectivity index (χ0) is 16.3. The molecule has 23 heavy (non-hydrogen) atoms. The molecule has 3 aliphatic carbocycles. The van der Waals surface area contributed by atoms with Crippen molar-refractivity contribution >= 4 is 39.1 Å². The number of nitro benzene ring substituents is 1. The van der Waals surface area contributed by atoms with E-state index in [0.29, 0.717) is 10.2 Å². The van der Waals surface area contributed by atoms with E-state index in [1.807, 2.05) is 0 Å². The number of non-ortho nitro benzene ring substituents is 1. The van der Waals surface area contributed by atoms with Gasteiger partial charge in [0.15, 0.2) is 0 Å². The van der Waals surface area contributed by atoms with E-state index in [4.69, 9.17) is 0 Å². The van der Waals surface area contributed by atoms with Crippen LogP contribution < -0.4 is 4.90 Å². The second kappa shape index (κ2) is 4.99. The summed E-state index contributed by atoms with van der Waals surface area (Å²) in [6, 6.07) is 4.10. The van der Waals surface area contributed by atoms with Gasteiger partial charge in [0, 0.05) is 16.6 Å². The fourth-order valence-electron chi connectivity index (χ4n) is 4.10. The number of benzene rings is 1. The normalized spacial score (nSPS) is 31.6. The van der Waals surface area contributed by atoms with Crippen molar-refractivity contribution in [3.8, 4) is 0 Å². The van der Waals surface area contributed by atoms with Crippen molar-refractivity contribution in [1.29, 1.82) is 0 Å². The maximum Gasteiger partial charge on any atom is 0.270 e.